The van der Waals surface area contributed by atoms with Crippen LogP contribution in [-0.4, -0.2) is 0 Å². The summed E-state index contributed by atoms with van der Waals surface area (Å²) in [5, 5.41) is 0.107. The fraction of sp³-hybridized carbons (Fsp3) is 0.250. The first-order valence-corrected chi connectivity index (χ1v) is 6.90. The van der Waals surface area contributed by atoms with Crippen LogP contribution in [-0.2, 0) is 6.61 Å². The Morgan fingerprint density at radius 1 is 1.20 bits per heavy atom. The second-order valence-electron chi connectivity index (χ2n) is 4.62. The Morgan fingerprint density at radius 2 is 1.90 bits per heavy atom. The van der Waals surface area contributed by atoms with Gasteiger partial charge in [-0.15, -0.1) is 0 Å². The second kappa shape index (κ2) is 6.73. The van der Waals surface area contributed by atoms with Gasteiger partial charge in [0.05, 0.1) is 5.02 Å². The molecule has 0 bridgehead atoms. The van der Waals surface area contributed by atoms with Crippen molar-refractivity contribution in [1.29, 1.82) is 0 Å². The highest BCUT2D eigenvalue weighted by atomic mass is 35.5. The zero-order valence-electron chi connectivity index (χ0n) is 11.3. The molecule has 20 heavy (non-hydrogen) atoms. The SMILES string of the molecule is CC[C@@H](N)c1ccc(OCc2ccc(F)c(Cl)c2)cc1. The van der Waals surface area contributed by atoms with Gasteiger partial charge >= 0.3 is 0 Å². The van der Waals surface area contributed by atoms with Gasteiger partial charge in [0.1, 0.15) is 18.2 Å². The number of hydrogen-bond donors (Lipinski definition) is 1. The van der Waals surface area contributed by atoms with Gasteiger partial charge in [0.25, 0.3) is 0 Å². The van der Waals surface area contributed by atoms with Crippen LogP contribution in [0, 0.1) is 5.82 Å². The fourth-order valence-corrected chi connectivity index (χ4v) is 2.05. The van der Waals surface area contributed by atoms with Gasteiger partial charge in [0.15, 0.2) is 0 Å². The van der Waals surface area contributed by atoms with Crippen LogP contribution < -0.4 is 10.5 Å². The van der Waals surface area contributed by atoms with Crippen LogP contribution in [0.5, 0.6) is 5.75 Å². The van der Waals surface area contributed by atoms with Crippen molar-refractivity contribution in [2.24, 2.45) is 5.73 Å². The average Bonchev–Trinajstić information content (AvgIpc) is 2.48. The quantitative estimate of drug-likeness (QED) is 0.883. The Kier molecular flexibility index (Phi) is 4.99. The lowest BCUT2D eigenvalue weighted by molar-refractivity contribution is 0.306. The highest BCUT2D eigenvalue weighted by Crippen LogP contribution is 2.20. The van der Waals surface area contributed by atoms with E-state index in [9.17, 15) is 4.39 Å². The molecule has 1 atom stereocenters. The first-order chi connectivity index (χ1) is 9.60. The Labute approximate surface area is 123 Å². The molecule has 0 aliphatic rings. The second-order valence-corrected chi connectivity index (χ2v) is 5.03. The Balaban J connectivity index is 1.98. The molecule has 0 aliphatic carbocycles. The molecular weight excluding hydrogens is 277 g/mol. The van der Waals surface area contributed by atoms with Gasteiger partial charge in [-0.05, 0) is 41.8 Å². The Hall–Kier alpha value is -1.58. The minimum Gasteiger partial charge on any atom is -0.489 e. The largest absolute Gasteiger partial charge is 0.489 e. The Bertz CT molecular complexity index is 571. The third-order valence-corrected chi connectivity index (χ3v) is 3.43. The van der Waals surface area contributed by atoms with Crippen molar-refractivity contribution in [3.8, 4) is 5.75 Å². The van der Waals surface area contributed by atoms with E-state index in [0.717, 1.165) is 23.3 Å². The maximum absolute atomic E-state index is 13.0. The number of rotatable bonds is 5. The maximum atomic E-state index is 13.0. The van der Waals surface area contributed by atoms with Crippen molar-refractivity contribution >= 4 is 11.6 Å². The zero-order chi connectivity index (χ0) is 14.5. The molecule has 106 valence electrons. The minimum absolute atomic E-state index is 0.0555. The standard InChI is InChI=1S/C16H17ClFNO/c1-2-16(19)12-4-6-13(7-5-12)20-10-11-3-8-15(18)14(17)9-11/h3-9,16H,2,10,19H2,1H3/t16-/m1/s1. The van der Waals surface area contributed by atoms with E-state index in [2.05, 4.69) is 0 Å². The van der Waals surface area contributed by atoms with Gasteiger partial charge in [-0.25, -0.2) is 4.39 Å². The van der Waals surface area contributed by atoms with Crippen LogP contribution in [0.3, 0.4) is 0 Å². The molecule has 0 saturated heterocycles. The molecule has 2 N–H and O–H groups in total. The molecule has 2 aromatic carbocycles. The lowest BCUT2D eigenvalue weighted by Gasteiger charge is -2.11. The summed E-state index contributed by atoms with van der Waals surface area (Å²) in [5.41, 5.74) is 7.86. The van der Waals surface area contributed by atoms with Crippen molar-refractivity contribution in [1.82, 2.24) is 0 Å². The summed E-state index contributed by atoms with van der Waals surface area (Å²) in [6.45, 7) is 2.40. The van der Waals surface area contributed by atoms with Crippen LogP contribution in [0.4, 0.5) is 4.39 Å². The summed E-state index contributed by atoms with van der Waals surface area (Å²) in [7, 11) is 0. The van der Waals surface area contributed by atoms with E-state index in [1.54, 1.807) is 12.1 Å². The van der Waals surface area contributed by atoms with Crippen molar-refractivity contribution in [3.63, 3.8) is 0 Å². The maximum Gasteiger partial charge on any atom is 0.141 e. The molecule has 2 rings (SSSR count). The minimum atomic E-state index is -0.423. The first kappa shape index (κ1) is 14.8. The summed E-state index contributed by atoms with van der Waals surface area (Å²) < 4.78 is 18.7. The number of hydrogen-bond acceptors (Lipinski definition) is 2. The van der Waals surface area contributed by atoms with E-state index < -0.39 is 5.82 Å². The van der Waals surface area contributed by atoms with Gasteiger partial charge in [0.2, 0.25) is 0 Å². The molecule has 0 radical (unpaired) electrons. The lowest BCUT2D eigenvalue weighted by Crippen LogP contribution is -2.08. The van der Waals surface area contributed by atoms with Gasteiger partial charge in [0, 0.05) is 6.04 Å². The fourth-order valence-electron chi connectivity index (χ4n) is 1.84. The molecule has 2 nitrogen and oxygen atoms in total. The van der Waals surface area contributed by atoms with Gasteiger partial charge in [-0.3, -0.25) is 0 Å². The molecular formula is C16H17ClFNO. The monoisotopic (exact) mass is 293 g/mol. The summed E-state index contributed by atoms with van der Waals surface area (Å²) in [5.74, 6) is 0.325. The van der Waals surface area contributed by atoms with Crippen LogP contribution in [0.1, 0.15) is 30.5 Å². The van der Waals surface area contributed by atoms with Gasteiger partial charge in [-0.1, -0.05) is 36.7 Å². The molecule has 2 aromatic rings. The van der Waals surface area contributed by atoms with E-state index in [-0.39, 0.29) is 11.1 Å². The van der Waals surface area contributed by atoms with E-state index in [1.165, 1.54) is 6.07 Å². The molecule has 0 unspecified atom stereocenters. The number of benzene rings is 2. The number of nitrogens with two attached hydrogens (primary N) is 1. The molecule has 0 spiro atoms. The number of ether oxygens (including phenoxy) is 1. The van der Waals surface area contributed by atoms with E-state index in [4.69, 9.17) is 22.1 Å². The van der Waals surface area contributed by atoms with Gasteiger partial charge in [-0.2, -0.15) is 0 Å². The predicted molar refractivity (Wildman–Crippen MR) is 79.4 cm³/mol. The Morgan fingerprint density at radius 3 is 2.50 bits per heavy atom. The van der Waals surface area contributed by atoms with Crippen LogP contribution in [0.2, 0.25) is 5.02 Å². The topological polar surface area (TPSA) is 35.2 Å². The van der Waals surface area contributed by atoms with Crippen molar-refractivity contribution < 1.29 is 9.13 Å². The molecule has 0 aromatic heterocycles. The summed E-state index contributed by atoms with van der Waals surface area (Å²) in [6, 6.07) is 12.3. The summed E-state index contributed by atoms with van der Waals surface area (Å²) >= 11 is 5.72. The molecule has 0 fully saturated rings. The molecule has 4 heteroatoms. The smallest absolute Gasteiger partial charge is 0.141 e. The van der Waals surface area contributed by atoms with E-state index in [0.29, 0.717) is 6.61 Å². The molecule has 0 heterocycles. The predicted octanol–water partition coefficient (Wildman–Crippen LogP) is 4.47. The highest BCUT2D eigenvalue weighted by Gasteiger charge is 2.04. The number of halogens is 2. The normalized spacial score (nSPS) is 12.2. The van der Waals surface area contributed by atoms with E-state index >= 15 is 0 Å². The van der Waals surface area contributed by atoms with Crippen LogP contribution in [0.25, 0.3) is 0 Å². The summed E-state index contributed by atoms with van der Waals surface area (Å²) in [6.07, 6.45) is 0.897. The molecule has 0 aliphatic heterocycles. The van der Waals surface area contributed by atoms with Crippen molar-refractivity contribution in [2.45, 2.75) is 26.0 Å². The summed E-state index contributed by atoms with van der Waals surface area (Å²) in [4.78, 5) is 0. The highest BCUT2D eigenvalue weighted by molar-refractivity contribution is 6.30. The van der Waals surface area contributed by atoms with Crippen molar-refractivity contribution in [3.05, 3.63) is 64.4 Å². The van der Waals surface area contributed by atoms with Gasteiger partial charge < -0.3 is 10.5 Å². The van der Waals surface area contributed by atoms with Crippen molar-refractivity contribution in [2.75, 3.05) is 0 Å². The van der Waals surface area contributed by atoms with Crippen LogP contribution in [0.15, 0.2) is 42.5 Å². The zero-order valence-corrected chi connectivity index (χ0v) is 12.0. The third kappa shape index (κ3) is 3.71. The first-order valence-electron chi connectivity index (χ1n) is 6.52. The molecule has 0 amide bonds. The third-order valence-electron chi connectivity index (χ3n) is 3.14. The lowest BCUT2D eigenvalue weighted by atomic mass is 10.1. The van der Waals surface area contributed by atoms with Crippen LogP contribution >= 0.6 is 11.6 Å². The molecule has 0 saturated carbocycles. The van der Waals surface area contributed by atoms with E-state index in [1.807, 2.05) is 31.2 Å². The average molecular weight is 294 g/mol.